The molecular formula is C7H10Cl2N2O. The Hall–Kier alpha value is -0.0900. The van der Waals surface area contributed by atoms with Crippen LogP contribution in [0, 0.1) is 5.92 Å². The Kier molecular flexibility index (Phi) is 3.53. The highest BCUT2D eigenvalue weighted by atomic mass is 35.5. The van der Waals surface area contributed by atoms with Crippen LogP contribution in [-0.4, -0.2) is 30.1 Å². The lowest BCUT2D eigenvalue weighted by atomic mass is 10.1. The van der Waals surface area contributed by atoms with Crippen LogP contribution in [0.4, 0.5) is 0 Å². The number of nitrogens with zero attached hydrogens (tertiary/aromatic N) is 1. The molecule has 0 aliphatic carbocycles. The fourth-order valence-corrected chi connectivity index (χ4v) is 1.53. The van der Waals surface area contributed by atoms with Crippen LogP contribution in [0.2, 0.25) is 0 Å². The molecule has 2 N–H and O–H groups in total. The Morgan fingerprint density at radius 3 is 2.92 bits per heavy atom. The standard InChI is InChI=1S/C7H10Cl2N2O/c1-10-7(12)4-3-11-6(9)2-5(4)8/h2,4,7,10,12H,3H2,1H3. The van der Waals surface area contributed by atoms with Gasteiger partial charge in [0, 0.05) is 5.03 Å². The van der Waals surface area contributed by atoms with Gasteiger partial charge in [0.2, 0.25) is 0 Å². The molecule has 0 aromatic rings. The van der Waals surface area contributed by atoms with Gasteiger partial charge in [0.15, 0.2) is 0 Å². The van der Waals surface area contributed by atoms with Crippen LogP contribution in [-0.2, 0) is 0 Å². The third kappa shape index (κ3) is 2.20. The van der Waals surface area contributed by atoms with Gasteiger partial charge in [-0.15, -0.1) is 0 Å². The van der Waals surface area contributed by atoms with Gasteiger partial charge in [0.25, 0.3) is 0 Å². The fourth-order valence-electron chi connectivity index (χ4n) is 0.991. The molecule has 0 aromatic heterocycles. The van der Waals surface area contributed by atoms with Crippen molar-refractivity contribution in [1.29, 1.82) is 0 Å². The lowest BCUT2D eigenvalue weighted by Gasteiger charge is -2.22. The molecule has 0 fully saturated rings. The fraction of sp³-hybridized carbons (Fsp3) is 0.571. The average molecular weight is 209 g/mol. The van der Waals surface area contributed by atoms with Gasteiger partial charge in [-0.3, -0.25) is 10.3 Å². The summed E-state index contributed by atoms with van der Waals surface area (Å²) < 4.78 is 0. The van der Waals surface area contributed by atoms with Crippen molar-refractivity contribution >= 4 is 28.4 Å². The summed E-state index contributed by atoms with van der Waals surface area (Å²) >= 11 is 11.5. The Morgan fingerprint density at radius 2 is 2.42 bits per heavy atom. The minimum absolute atomic E-state index is 0.181. The number of rotatable bonds is 2. The van der Waals surface area contributed by atoms with Crippen molar-refractivity contribution in [3.63, 3.8) is 0 Å². The maximum absolute atomic E-state index is 9.39. The van der Waals surface area contributed by atoms with E-state index in [1.165, 1.54) is 0 Å². The van der Waals surface area contributed by atoms with E-state index < -0.39 is 6.23 Å². The van der Waals surface area contributed by atoms with Crippen LogP contribution < -0.4 is 5.32 Å². The van der Waals surface area contributed by atoms with Gasteiger partial charge in [0.05, 0.1) is 12.5 Å². The van der Waals surface area contributed by atoms with Crippen LogP contribution >= 0.6 is 23.2 Å². The first-order valence-electron chi connectivity index (χ1n) is 3.57. The molecule has 1 rings (SSSR count). The highest BCUT2D eigenvalue weighted by molar-refractivity contribution is 6.69. The van der Waals surface area contributed by atoms with Gasteiger partial charge >= 0.3 is 0 Å². The van der Waals surface area contributed by atoms with Gasteiger partial charge < -0.3 is 5.11 Å². The maximum atomic E-state index is 9.39. The number of allylic oxidation sites excluding steroid dienone is 1. The average Bonchev–Trinajstić information content (AvgIpc) is 2.03. The van der Waals surface area contributed by atoms with Crippen molar-refractivity contribution in [3.05, 3.63) is 11.1 Å². The molecule has 5 heteroatoms. The lowest BCUT2D eigenvalue weighted by Crippen LogP contribution is -2.36. The molecule has 0 amide bonds. The molecule has 68 valence electrons. The molecule has 0 saturated heterocycles. The topological polar surface area (TPSA) is 44.6 Å². The van der Waals surface area contributed by atoms with E-state index in [4.69, 9.17) is 23.2 Å². The molecule has 0 saturated carbocycles. The summed E-state index contributed by atoms with van der Waals surface area (Å²) in [7, 11) is 1.66. The van der Waals surface area contributed by atoms with E-state index in [1.807, 2.05) is 0 Å². The van der Waals surface area contributed by atoms with Gasteiger partial charge in [-0.25, -0.2) is 0 Å². The van der Waals surface area contributed by atoms with E-state index in [2.05, 4.69) is 10.3 Å². The van der Waals surface area contributed by atoms with E-state index in [9.17, 15) is 5.11 Å². The van der Waals surface area contributed by atoms with Crippen LogP contribution in [0.1, 0.15) is 0 Å². The van der Waals surface area contributed by atoms with E-state index in [-0.39, 0.29) is 5.92 Å². The molecule has 0 aromatic carbocycles. The molecular weight excluding hydrogens is 199 g/mol. The van der Waals surface area contributed by atoms with E-state index in [1.54, 1.807) is 13.1 Å². The summed E-state index contributed by atoms with van der Waals surface area (Å²) in [5.74, 6) is -0.181. The van der Waals surface area contributed by atoms with E-state index in [0.717, 1.165) is 0 Å². The highest BCUT2D eigenvalue weighted by Crippen LogP contribution is 2.23. The highest BCUT2D eigenvalue weighted by Gasteiger charge is 2.23. The third-order valence-electron chi connectivity index (χ3n) is 1.73. The first kappa shape index (κ1) is 9.99. The second-order valence-corrected chi connectivity index (χ2v) is 3.36. The van der Waals surface area contributed by atoms with Crippen LogP contribution in [0.3, 0.4) is 0 Å². The van der Waals surface area contributed by atoms with Crippen molar-refractivity contribution < 1.29 is 5.11 Å². The first-order valence-corrected chi connectivity index (χ1v) is 4.33. The Morgan fingerprint density at radius 1 is 1.75 bits per heavy atom. The minimum atomic E-state index is -0.665. The molecule has 2 unspecified atom stereocenters. The Bertz CT molecular complexity index is 227. The maximum Gasteiger partial charge on any atom is 0.124 e. The predicted molar refractivity (Wildman–Crippen MR) is 50.6 cm³/mol. The number of nitrogens with one attached hydrogen (secondary N) is 1. The van der Waals surface area contributed by atoms with Crippen LogP contribution in [0.25, 0.3) is 0 Å². The molecule has 1 aliphatic rings. The molecule has 2 atom stereocenters. The van der Waals surface area contributed by atoms with Gasteiger partial charge in [0.1, 0.15) is 11.4 Å². The first-order chi connectivity index (χ1) is 5.65. The van der Waals surface area contributed by atoms with E-state index in [0.29, 0.717) is 16.7 Å². The summed E-state index contributed by atoms with van der Waals surface area (Å²) in [6, 6.07) is 0. The second-order valence-electron chi connectivity index (χ2n) is 2.53. The molecule has 0 spiro atoms. The van der Waals surface area contributed by atoms with Crippen molar-refractivity contribution in [2.45, 2.75) is 6.23 Å². The monoisotopic (exact) mass is 208 g/mol. The predicted octanol–water partition coefficient (Wildman–Crippen LogP) is 0.914. The zero-order chi connectivity index (χ0) is 9.14. The lowest BCUT2D eigenvalue weighted by molar-refractivity contribution is 0.105. The molecule has 1 heterocycles. The van der Waals surface area contributed by atoms with Crippen LogP contribution in [0.5, 0.6) is 0 Å². The summed E-state index contributed by atoms with van der Waals surface area (Å²) in [5, 5.41) is 13.0. The zero-order valence-corrected chi connectivity index (χ0v) is 8.10. The number of hydrogen-bond acceptors (Lipinski definition) is 3. The summed E-state index contributed by atoms with van der Waals surface area (Å²) in [5.41, 5.74) is 0. The molecule has 1 aliphatic heterocycles. The summed E-state index contributed by atoms with van der Waals surface area (Å²) in [6.45, 7) is 0.427. The quantitative estimate of drug-likeness (QED) is 0.664. The largest absolute Gasteiger partial charge is 0.378 e. The molecule has 3 nitrogen and oxygen atoms in total. The molecule has 12 heavy (non-hydrogen) atoms. The van der Waals surface area contributed by atoms with Gasteiger partial charge in [-0.05, 0) is 13.1 Å². The normalized spacial score (nSPS) is 26.2. The van der Waals surface area contributed by atoms with Gasteiger partial charge in [-0.2, -0.15) is 0 Å². The number of aliphatic hydroxyl groups excluding tert-OH is 1. The van der Waals surface area contributed by atoms with E-state index >= 15 is 0 Å². The zero-order valence-electron chi connectivity index (χ0n) is 6.59. The minimum Gasteiger partial charge on any atom is -0.378 e. The number of halogens is 2. The van der Waals surface area contributed by atoms with Crippen molar-refractivity contribution in [1.82, 2.24) is 5.32 Å². The number of dihydropyridines is 1. The second kappa shape index (κ2) is 4.23. The number of aliphatic imine (C=N–C) groups is 1. The number of hydrogen-bond donors (Lipinski definition) is 2. The van der Waals surface area contributed by atoms with Crippen molar-refractivity contribution in [3.8, 4) is 0 Å². The summed E-state index contributed by atoms with van der Waals surface area (Å²) in [6.07, 6.45) is 0.889. The molecule has 0 bridgehead atoms. The Balaban J connectivity index is 2.67. The van der Waals surface area contributed by atoms with Gasteiger partial charge in [-0.1, -0.05) is 23.2 Å². The summed E-state index contributed by atoms with van der Waals surface area (Å²) in [4.78, 5) is 3.95. The molecule has 0 radical (unpaired) electrons. The number of aliphatic hydroxyl groups is 1. The Labute approximate surface area is 81.1 Å². The SMILES string of the molecule is CNC(O)C1CN=C(Cl)C=C1Cl. The third-order valence-corrected chi connectivity index (χ3v) is 2.35. The smallest absolute Gasteiger partial charge is 0.124 e. The van der Waals surface area contributed by atoms with Crippen LogP contribution in [0.15, 0.2) is 16.1 Å². The van der Waals surface area contributed by atoms with Crippen molar-refractivity contribution in [2.24, 2.45) is 10.9 Å². The van der Waals surface area contributed by atoms with Crippen molar-refractivity contribution in [2.75, 3.05) is 13.6 Å².